The number of ether oxygens (including phenoxy) is 1. The molecule has 1 aromatic heterocycles. The number of methoxy groups -OCH3 is 1. The molecular formula is C13H22N2OS. The fraction of sp³-hybridized carbons (Fsp3) is 0.615. The van der Waals surface area contributed by atoms with E-state index in [0.29, 0.717) is 0 Å². The smallest absolute Gasteiger partial charge is 0.0968 e. The molecule has 1 rings (SSSR count). The molecule has 0 aromatic carbocycles. The molecule has 3 nitrogen and oxygen atoms in total. The maximum absolute atomic E-state index is 4.97. The molecule has 1 aromatic rings. The Hall–Kier alpha value is -0.710. The molecule has 0 saturated carbocycles. The highest BCUT2D eigenvalue weighted by Gasteiger charge is 1.99. The largest absolute Gasteiger partial charge is 0.383 e. The lowest BCUT2D eigenvalue weighted by Gasteiger charge is -2.02. The first-order valence-corrected chi connectivity index (χ1v) is 6.86. The second kappa shape index (κ2) is 8.39. The van der Waals surface area contributed by atoms with E-state index in [9.17, 15) is 0 Å². The predicted molar refractivity (Wildman–Crippen MR) is 73.7 cm³/mol. The van der Waals surface area contributed by atoms with E-state index in [1.807, 2.05) is 6.92 Å². The van der Waals surface area contributed by atoms with Crippen LogP contribution in [-0.4, -0.2) is 31.8 Å². The van der Waals surface area contributed by atoms with Crippen molar-refractivity contribution in [2.24, 2.45) is 0 Å². The Bertz CT molecular complexity index is 347. The van der Waals surface area contributed by atoms with Gasteiger partial charge in [0, 0.05) is 31.1 Å². The van der Waals surface area contributed by atoms with E-state index >= 15 is 0 Å². The van der Waals surface area contributed by atoms with Crippen LogP contribution in [0.2, 0.25) is 0 Å². The first kappa shape index (κ1) is 14.4. The summed E-state index contributed by atoms with van der Waals surface area (Å²) in [5.41, 5.74) is 2.52. The van der Waals surface area contributed by atoms with Crippen molar-refractivity contribution in [3.63, 3.8) is 0 Å². The molecule has 1 heterocycles. The summed E-state index contributed by atoms with van der Waals surface area (Å²) in [6.07, 6.45) is 4.34. The second-order valence-electron chi connectivity index (χ2n) is 4.14. The van der Waals surface area contributed by atoms with E-state index in [2.05, 4.69) is 28.7 Å². The number of hydrogen-bond donors (Lipinski definition) is 1. The van der Waals surface area contributed by atoms with Crippen molar-refractivity contribution in [3.05, 3.63) is 27.7 Å². The zero-order valence-corrected chi connectivity index (χ0v) is 11.8. The number of hydrogen-bond acceptors (Lipinski definition) is 4. The summed E-state index contributed by atoms with van der Waals surface area (Å²) in [7, 11) is 1.72. The maximum Gasteiger partial charge on any atom is 0.0968 e. The Morgan fingerprint density at radius 3 is 3.00 bits per heavy atom. The standard InChI is InChI=1S/C13H22N2OS/c1-11(5-4-6-14-7-8-16-3)9-13-15-12(2)10-17-13/h5,10,14H,4,6-9H2,1-3H3. The highest BCUT2D eigenvalue weighted by molar-refractivity contribution is 7.09. The molecule has 0 radical (unpaired) electrons. The number of aromatic nitrogens is 1. The van der Waals surface area contributed by atoms with Crippen LogP contribution in [0.25, 0.3) is 0 Å². The average Bonchev–Trinajstić information content (AvgIpc) is 2.69. The minimum absolute atomic E-state index is 0.779. The van der Waals surface area contributed by atoms with E-state index in [-0.39, 0.29) is 0 Å². The molecule has 0 bridgehead atoms. The molecule has 1 N–H and O–H groups in total. The third-order valence-corrected chi connectivity index (χ3v) is 3.36. The van der Waals surface area contributed by atoms with Crippen LogP contribution in [0, 0.1) is 6.92 Å². The summed E-state index contributed by atoms with van der Waals surface area (Å²) < 4.78 is 4.97. The zero-order valence-electron chi connectivity index (χ0n) is 11.0. The quantitative estimate of drug-likeness (QED) is 0.572. The van der Waals surface area contributed by atoms with Crippen molar-refractivity contribution in [1.82, 2.24) is 10.3 Å². The summed E-state index contributed by atoms with van der Waals surface area (Å²) in [5, 5.41) is 6.64. The normalized spacial score (nSPS) is 12.1. The highest BCUT2D eigenvalue weighted by Crippen LogP contribution is 2.13. The highest BCUT2D eigenvalue weighted by atomic mass is 32.1. The fourth-order valence-corrected chi connectivity index (χ4v) is 2.38. The van der Waals surface area contributed by atoms with Crippen molar-refractivity contribution in [1.29, 1.82) is 0 Å². The van der Waals surface area contributed by atoms with E-state index in [1.54, 1.807) is 18.4 Å². The van der Waals surface area contributed by atoms with Gasteiger partial charge in [-0.25, -0.2) is 4.98 Å². The minimum atomic E-state index is 0.779. The molecular weight excluding hydrogens is 232 g/mol. The fourth-order valence-electron chi connectivity index (χ4n) is 1.51. The van der Waals surface area contributed by atoms with E-state index < -0.39 is 0 Å². The number of rotatable bonds is 8. The van der Waals surface area contributed by atoms with Crippen molar-refractivity contribution >= 4 is 11.3 Å². The lowest BCUT2D eigenvalue weighted by Crippen LogP contribution is -2.19. The molecule has 0 fully saturated rings. The molecule has 0 unspecified atom stereocenters. The molecule has 0 aliphatic rings. The van der Waals surface area contributed by atoms with Gasteiger partial charge in [0.05, 0.1) is 11.6 Å². The van der Waals surface area contributed by atoms with Gasteiger partial charge in [-0.1, -0.05) is 11.6 Å². The molecule has 96 valence electrons. The lowest BCUT2D eigenvalue weighted by atomic mass is 10.2. The molecule has 0 atom stereocenters. The van der Waals surface area contributed by atoms with Crippen LogP contribution in [0.5, 0.6) is 0 Å². The van der Waals surface area contributed by atoms with Crippen LogP contribution in [-0.2, 0) is 11.2 Å². The third kappa shape index (κ3) is 6.56. The van der Waals surface area contributed by atoms with Crippen LogP contribution < -0.4 is 5.32 Å². The number of allylic oxidation sites excluding steroid dienone is 1. The first-order chi connectivity index (χ1) is 8.22. The maximum atomic E-state index is 4.97. The van der Waals surface area contributed by atoms with Crippen LogP contribution in [0.4, 0.5) is 0 Å². The summed E-state index contributed by atoms with van der Waals surface area (Å²) in [5.74, 6) is 0. The Morgan fingerprint density at radius 2 is 2.35 bits per heavy atom. The Morgan fingerprint density at radius 1 is 1.53 bits per heavy atom. The molecule has 4 heteroatoms. The second-order valence-corrected chi connectivity index (χ2v) is 5.08. The Kier molecular flexibility index (Phi) is 7.08. The van der Waals surface area contributed by atoms with Crippen LogP contribution in [0.1, 0.15) is 24.0 Å². The van der Waals surface area contributed by atoms with Crippen molar-refractivity contribution in [2.45, 2.75) is 26.7 Å². The molecule has 0 amide bonds. The Balaban J connectivity index is 2.16. The van der Waals surface area contributed by atoms with Gasteiger partial charge in [-0.15, -0.1) is 11.3 Å². The van der Waals surface area contributed by atoms with E-state index in [0.717, 1.165) is 38.2 Å². The average molecular weight is 254 g/mol. The van der Waals surface area contributed by atoms with Gasteiger partial charge >= 0.3 is 0 Å². The minimum Gasteiger partial charge on any atom is -0.383 e. The van der Waals surface area contributed by atoms with Crippen molar-refractivity contribution < 1.29 is 4.74 Å². The number of nitrogens with one attached hydrogen (secondary N) is 1. The molecule has 0 aliphatic carbocycles. The number of aryl methyl sites for hydroxylation is 1. The number of nitrogens with zero attached hydrogens (tertiary/aromatic N) is 1. The molecule has 0 saturated heterocycles. The van der Waals surface area contributed by atoms with Gasteiger partial charge in [-0.2, -0.15) is 0 Å². The summed E-state index contributed by atoms with van der Waals surface area (Å²) in [6, 6.07) is 0. The molecule has 0 spiro atoms. The first-order valence-electron chi connectivity index (χ1n) is 5.98. The summed E-state index contributed by atoms with van der Waals surface area (Å²) in [4.78, 5) is 4.46. The molecule has 0 aliphatic heterocycles. The zero-order chi connectivity index (χ0) is 12.5. The van der Waals surface area contributed by atoms with Gasteiger partial charge in [0.2, 0.25) is 0 Å². The summed E-state index contributed by atoms with van der Waals surface area (Å²) in [6.45, 7) is 6.93. The molecule has 17 heavy (non-hydrogen) atoms. The summed E-state index contributed by atoms with van der Waals surface area (Å²) >= 11 is 1.74. The predicted octanol–water partition coefficient (Wildman–Crippen LogP) is 2.57. The lowest BCUT2D eigenvalue weighted by molar-refractivity contribution is 0.199. The van der Waals surface area contributed by atoms with Gasteiger partial charge in [-0.3, -0.25) is 0 Å². The van der Waals surface area contributed by atoms with E-state index in [4.69, 9.17) is 4.74 Å². The Labute approximate surface area is 108 Å². The van der Waals surface area contributed by atoms with Gasteiger partial charge in [0.25, 0.3) is 0 Å². The van der Waals surface area contributed by atoms with Gasteiger partial charge in [0.15, 0.2) is 0 Å². The van der Waals surface area contributed by atoms with E-state index in [1.165, 1.54) is 10.6 Å². The van der Waals surface area contributed by atoms with Crippen LogP contribution >= 0.6 is 11.3 Å². The van der Waals surface area contributed by atoms with Gasteiger partial charge in [-0.05, 0) is 26.8 Å². The van der Waals surface area contributed by atoms with Crippen LogP contribution in [0.3, 0.4) is 0 Å². The third-order valence-electron chi connectivity index (χ3n) is 2.39. The van der Waals surface area contributed by atoms with Crippen molar-refractivity contribution in [3.8, 4) is 0 Å². The topological polar surface area (TPSA) is 34.1 Å². The monoisotopic (exact) mass is 254 g/mol. The SMILES string of the molecule is COCCNCCC=C(C)Cc1nc(C)cs1. The number of thiazole rings is 1. The van der Waals surface area contributed by atoms with Gasteiger partial charge < -0.3 is 10.1 Å². The van der Waals surface area contributed by atoms with Crippen LogP contribution in [0.15, 0.2) is 17.0 Å². The van der Waals surface area contributed by atoms with Crippen molar-refractivity contribution in [2.75, 3.05) is 26.8 Å². The van der Waals surface area contributed by atoms with Gasteiger partial charge in [0.1, 0.15) is 0 Å².